The third kappa shape index (κ3) is 1.26. The van der Waals surface area contributed by atoms with Crippen molar-refractivity contribution in [3.63, 3.8) is 0 Å². The van der Waals surface area contributed by atoms with E-state index in [2.05, 4.69) is 9.59 Å². The number of hydrogen-bond donors (Lipinski definition) is 0. The van der Waals surface area contributed by atoms with E-state index in [1.165, 1.54) is 0 Å². The molecule has 0 amide bonds. The van der Waals surface area contributed by atoms with Crippen LogP contribution in [0.2, 0.25) is 0 Å². The minimum absolute atomic E-state index is 0.326. The minimum atomic E-state index is 0.326. The van der Waals surface area contributed by atoms with Crippen molar-refractivity contribution in [2.75, 3.05) is 0 Å². The van der Waals surface area contributed by atoms with Crippen LogP contribution in [-0.2, 0) is 0 Å². The number of hydrogen-bond acceptors (Lipinski definition) is 4. The van der Waals surface area contributed by atoms with Gasteiger partial charge in [0.05, 0.1) is 21.6 Å². The van der Waals surface area contributed by atoms with E-state index in [0.29, 0.717) is 9.97 Å². The maximum atomic E-state index is 10.6. The molecule has 0 atom stereocenters. The van der Waals surface area contributed by atoms with Gasteiger partial charge in [0, 0.05) is 5.56 Å². The SMILES string of the molecule is [O-][n+]1nsc(-c2ccccc2)n1. The van der Waals surface area contributed by atoms with Crippen molar-refractivity contribution in [1.29, 1.82) is 0 Å². The van der Waals surface area contributed by atoms with E-state index in [0.717, 1.165) is 17.1 Å². The monoisotopic (exact) mass is 179 g/mol. The van der Waals surface area contributed by atoms with Gasteiger partial charge >= 0.3 is 0 Å². The Kier molecular flexibility index (Phi) is 1.71. The Morgan fingerprint density at radius 1 is 1.25 bits per heavy atom. The Labute approximate surface area is 72.8 Å². The van der Waals surface area contributed by atoms with Crippen molar-refractivity contribution in [2.45, 2.75) is 0 Å². The van der Waals surface area contributed by atoms with Crippen molar-refractivity contribution in [3.8, 4) is 10.6 Å². The van der Waals surface area contributed by atoms with E-state index in [9.17, 15) is 5.21 Å². The summed E-state index contributed by atoms with van der Waals surface area (Å²) in [6.07, 6.45) is 0. The van der Waals surface area contributed by atoms with Gasteiger partial charge in [0.15, 0.2) is 0 Å². The molecule has 5 heteroatoms. The molecule has 0 fully saturated rings. The standard InChI is InChI=1S/C7H5N3OS/c11-10-8-7(12-9-10)6-4-2-1-3-5-6/h1-5H. The molecule has 0 aliphatic carbocycles. The van der Waals surface area contributed by atoms with Gasteiger partial charge in [-0.05, 0) is 0 Å². The average molecular weight is 179 g/mol. The molecule has 1 aromatic heterocycles. The van der Waals surface area contributed by atoms with E-state index >= 15 is 0 Å². The van der Waals surface area contributed by atoms with E-state index in [-0.39, 0.29) is 0 Å². The lowest BCUT2D eigenvalue weighted by Gasteiger charge is -1.88. The Morgan fingerprint density at radius 2 is 2.00 bits per heavy atom. The van der Waals surface area contributed by atoms with Crippen molar-refractivity contribution in [2.24, 2.45) is 0 Å². The number of benzene rings is 1. The normalized spacial score (nSPS) is 10.0. The average Bonchev–Trinajstić information content (AvgIpc) is 2.54. The molecule has 0 saturated carbocycles. The van der Waals surface area contributed by atoms with Crippen LogP contribution in [0.5, 0.6) is 0 Å². The molecule has 1 aromatic carbocycles. The zero-order chi connectivity index (χ0) is 8.39. The van der Waals surface area contributed by atoms with E-state index in [1.807, 2.05) is 30.3 Å². The van der Waals surface area contributed by atoms with Gasteiger partial charge in [-0.3, -0.25) is 0 Å². The lowest BCUT2D eigenvalue weighted by atomic mass is 10.2. The zero-order valence-corrected chi connectivity index (χ0v) is 6.86. The van der Waals surface area contributed by atoms with Gasteiger partial charge in [0.2, 0.25) is 5.01 Å². The molecule has 2 rings (SSSR count). The van der Waals surface area contributed by atoms with Crippen LogP contribution in [0.25, 0.3) is 10.6 Å². The molecule has 1 heterocycles. The molecule has 0 radical (unpaired) electrons. The van der Waals surface area contributed by atoms with Crippen LogP contribution >= 0.6 is 11.5 Å². The molecule has 12 heavy (non-hydrogen) atoms. The summed E-state index contributed by atoms with van der Waals surface area (Å²) < 4.78 is 3.48. The third-order valence-corrected chi connectivity index (χ3v) is 2.11. The Bertz CT molecular complexity index is 373. The first-order valence-electron chi connectivity index (χ1n) is 3.35. The molecule has 0 bridgehead atoms. The zero-order valence-electron chi connectivity index (χ0n) is 6.04. The molecule has 0 aliphatic heterocycles. The molecule has 0 N–H and O–H groups in total. The first-order chi connectivity index (χ1) is 5.86. The Balaban J connectivity index is 2.45. The van der Waals surface area contributed by atoms with Crippen LogP contribution in [0.1, 0.15) is 0 Å². The van der Waals surface area contributed by atoms with E-state index < -0.39 is 0 Å². The van der Waals surface area contributed by atoms with Crippen LogP contribution in [0.4, 0.5) is 0 Å². The maximum Gasteiger partial charge on any atom is 0.219 e. The van der Waals surface area contributed by atoms with E-state index in [1.54, 1.807) is 0 Å². The summed E-state index contributed by atoms with van der Waals surface area (Å²) in [7, 11) is 0. The van der Waals surface area contributed by atoms with Crippen LogP contribution < -0.4 is 4.96 Å². The number of nitrogens with zero attached hydrogens (tertiary/aromatic N) is 3. The predicted molar refractivity (Wildman–Crippen MR) is 44.3 cm³/mol. The van der Waals surface area contributed by atoms with Gasteiger partial charge in [0.25, 0.3) is 0 Å². The second-order valence-corrected chi connectivity index (χ2v) is 2.93. The third-order valence-electron chi connectivity index (χ3n) is 1.39. The molecular formula is C7H5N3OS. The van der Waals surface area contributed by atoms with Gasteiger partial charge in [-0.2, -0.15) is 0 Å². The quantitative estimate of drug-likeness (QED) is 0.481. The van der Waals surface area contributed by atoms with Crippen LogP contribution in [0.15, 0.2) is 30.3 Å². The fourth-order valence-electron chi connectivity index (χ4n) is 0.879. The predicted octanol–water partition coefficient (Wildman–Crippen LogP) is 0.839. The molecule has 0 aliphatic rings. The highest BCUT2D eigenvalue weighted by atomic mass is 32.1. The molecule has 2 aromatic rings. The van der Waals surface area contributed by atoms with Crippen molar-refractivity contribution >= 4 is 11.5 Å². The van der Waals surface area contributed by atoms with Gasteiger partial charge in [0.1, 0.15) is 4.49 Å². The van der Waals surface area contributed by atoms with Crippen LogP contribution in [0, 0.1) is 5.21 Å². The smallest absolute Gasteiger partial charge is 0.219 e. The molecule has 0 unspecified atom stereocenters. The van der Waals surface area contributed by atoms with Crippen LogP contribution in [-0.4, -0.2) is 9.59 Å². The molecule has 0 spiro atoms. The highest BCUT2D eigenvalue weighted by molar-refractivity contribution is 7.08. The number of aromatic nitrogens is 3. The molecule has 60 valence electrons. The summed E-state index contributed by atoms with van der Waals surface area (Å²) in [6, 6.07) is 9.48. The van der Waals surface area contributed by atoms with Gasteiger partial charge < -0.3 is 5.21 Å². The summed E-state index contributed by atoms with van der Waals surface area (Å²) in [5.74, 6) is 0. The van der Waals surface area contributed by atoms with Crippen molar-refractivity contribution in [3.05, 3.63) is 35.5 Å². The lowest BCUT2D eigenvalue weighted by molar-refractivity contribution is -0.718. The largest absolute Gasteiger partial charge is 0.569 e. The van der Waals surface area contributed by atoms with Crippen molar-refractivity contribution < 1.29 is 4.96 Å². The van der Waals surface area contributed by atoms with Gasteiger partial charge in [-0.25, -0.2) is 0 Å². The summed E-state index contributed by atoms with van der Waals surface area (Å²) in [6.45, 7) is 0. The highest BCUT2D eigenvalue weighted by Crippen LogP contribution is 2.16. The summed E-state index contributed by atoms with van der Waals surface area (Å²) in [4.78, 5) is 0.326. The molecule has 0 saturated heterocycles. The summed E-state index contributed by atoms with van der Waals surface area (Å²) in [5.41, 5.74) is 0.921. The van der Waals surface area contributed by atoms with Gasteiger partial charge in [-0.15, -0.1) is 0 Å². The fraction of sp³-hybridized carbons (Fsp3) is 0. The summed E-state index contributed by atoms with van der Waals surface area (Å²) in [5, 5.41) is 14.9. The maximum absolute atomic E-state index is 10.6. The molecular weight excluding hydrogens is 174 g/mol. The van der Waals surface area contributed by atoms with Gasteiger partial charge in [-0.1, -0.05) is 30.3 Å². The van der Waals surface area contributed by atoms with E-state index in [4.69, 9.17) is 0 Å². The number of rotatable bonds is 1. The Morgan fingerprint density at radius 3 is 2.58 bits per heavy atom. The summed E-state index contributed by atoms with van der Waals surface area (Å²) >= 11 is 1.09. The molecule has 4 nitrogen and oxygen atoms in total. The first kappa shape index (κ1) is 7.17. The van der Waals surface area contributed by atoms with Crippen LogP contribution in [0.3, 0.4) is 0 Å². The second-order valence-electron chi connectivity index (χ2n) is 2.20. The lowest BCUT2D eigenvalue weighted by Crippen LogP contribution is -2.30. The highest BCUT2D eigenvalue weighted by Gasteiger charge is 2.06. The minimum Gasteiger partial charge on any atom is -0.569 e. The fourth-order valence-corrected chi connectivity index (χ4v) is 1.41. The Hall–Kier alpha value is -1.49. The first-order valence-corrected chi connectivity index (χ1v) is 4.13. The van der Waals surface area contributed by atoms with Crippen molar-refractivity contribution in [1.82, 2.24) is 9.59 Å². The second kappa shape index (κ2) is 2.86. The topological polar surface area (TPSA) is 52.7 Å².